The van der Waals surface area contributed by atoms with Crippen LogP contribution in [0.1, 0.15) is 26.7 Å². The second-order valence-electron chi connectivity index (χ2n) is 5.04. The summed E-state index contributed by atoms with van der Waals surface area (Å²) in [6, 6.07) is 0. The fourth-order valence-electron chi connectivity index (χ4n) is 2.78. The highest BCUT2D eigenvalue weighted by atomic mass is 16.5. The molecular formula is C13H29N3O. The summed E-state index contributed by atoms with van der Waals surface area (Å²) >= 11 is 0. The Morgan fingerprint density at radius 3 is 2.24 bits per heavy atom. The minimum absolute atomic E-state index is 0.0487. The van der Waals surface area contributed by atoms with Crippen molar-refractivity contribution in [2.45, 2.75) is 32.2 Å². The van der Waals surface area contributed by atoms with E-state index in [0.29, 0.717) is 6.54 Å². The van der Waals surface area contributed by atoms with Crippen molar-refractivity contribution in [3.8, 4) is 0 Å². The molecule has 0 radical (unpaired) electrons. The summed E-state index contributed by atoms with van der Waals surface area (Å²) in [5, 5.41) is 0. The Hall–Kier alpha value is -0.160. The van der Waals surface area contributed by atoms with E-state index in [1.54, 1.807) is 7.11 Å². The van der Waals surface area contributed by atoms with Gasteiger partial charge in [0, 0.05) is 39.8 Å². The molecule has 1 fully saturated rings. The van der Waals surface area contributed by atoms with Crippen molar-refractivity contribution < 1.29 is 4.74 Å². The molecule has 4 heteroatoms. The van der Waals surface area contributed by atoms with E-state index in [-0.39, 0.29) is 5.54 Å². The van der Waals surface area contributed by atoms with E-state index in [1.807, 2.05) is 0 Å². The maximum atomic E-state index is 5.99. The summed E-state index contributed by atoms with van der Waals surface area (Å²) in [6.45, 7) is 11.7. The normalized spacial score (nSPS) is 22.6. The number of nitrogens with two attached hydrogens (primary N) is 1. The molecule has 0 aliphatic carbocycles. The molecule has 17 heavy (non-hydrogen) atoms. The lowest BCUT2D eigenvalue weighted by atomic mass is 9.94. The molecule has 1 saturated heterocycles. The van der Waals surface area contributed by atoms with Crippen molar-refractivity contribution in [1.29, 1.82) is 0 Å². The topological polar surface area (TPSA) is 41.7 Å². The summed E-state index contributed by atoms with van der Waals surface area (Å²) in [4.78, 5) is 5.07. The van der Waals surface area contributed by atoms with Gasteiger partial charge in [-0.25, -0.2) is 0 Å². The molecule has 0 saturated carbocycles. The van der Waals surface area contributed by atoms with Gasteiger partial charge in [-0.15, -0.1) is 0 Å². The monoisotopic (exact) mass is 243 g/mol. The molecule has 0 amide bonds. The van der Waals surface area contributed by atoms with E-state index in [4.69, 9.17) is 10.5 Å². The maximum absolute atomic E-state index is 5.99. The van der Waals surface area contributed by atoms with Crippen molar-refractivity contribution >= 4 is 0 Å². The number of hydrogen-bond donors (Lipinski definition) is 1. The highest BCUT2D eigenvalue weighted by Crippen LogP contribution is 2.21. The Labute approximate surface area is 106 Å². The van der Waals surface area contributed by atoms with Gasteiger partial charge in [0.25, 0.3) is 0 Å². The summed E-state index contributed by atoms with van der Waals surface area (Å²) in [6.07, 6.45) is 2.30. The molecule has 0 aromatic heterocycles. The predicted molar refractivity (Wildman–Crippen MR) is 72.3 cm³/mol. The molecule has 1 heterocycles. The van der Waals surface area contributed by atoms with Crippen LogP contribution in [0.3, 0.4) is 0 Å². The van der Waals surface area contributed by atoms with E-state index in [9.17, 15) is 0 Å². The average molecular weight is 243 g/mol. The first-order valence-corrected chi connectivity index (χ1v) is 6.88. The molecule has 1 aliphatic rings. The Morgan fingerprint density at radius 2 is 1.82 bits per heavy atom. The number of nitrogens with zero attached hydrogens (tertiary/aromatic N) is 2. The molecule has 0 aromatic rings. The zero-order valence-corrected chi connectivity index (χ0v) is 11.7. The molecular weight excluding hydrogens is 214 g/mol. The van der Waals surface area contributed by atoms with Gasteiger partial charge in [0.1, 0.15) is 0 Å². The van der Waals surface area contributed by atoms with Gasteiger partial charge in [0.05, 0.1) is 12.1 Å². The van der Waals surface area contributed by atoms with Crippen LogP contribution in [-0.2, 0) is 4.74 Å². The summed E-state index contributed by atoms with van der Waals surface area (Å²) in [5.41, 5.74) is 6.04. The van der Waals surface area contributed by atoms with E-state index in [0.717, 1.165) is 26.1 Å². The maximum Gasteiger partial charge on any atom is 0.0658 e. The summed E-state index contributed by atoms with van der Waals surface area (Å²) in [7, 11) is 1.77. The quantitative estimate of drug-likeness (QED) is 0.717. The zero-order valence-electron chi connectivity index (χ0n) is 11.7. The zero-order chi connectivity index (χ0) is 12.7. The van der Waals surface area contributed by atoms with Gasteiger partial charge >= 0.3 is 0 Å². The van der Waals surface area contributed by atoms with E-state index >= 15 is 0 Å². The van der Waals surface area contributed by atoms with E-state index < -0.39 is 0 Å². The number of rotatable bonds is 7. The van der Waals surface area contributed by atoms with Gasteiger partial charge in [-0.3, -0.25) is 4.90 Å². The number of ether oxygens (including phenoxy) is 1. The molecule has 0 spiro atoms. The Bertz CT molecular complexity index is 199. The second kappa shape index (κ2) is 7.31. The van der Waals surface area contributed by atoms with Crippen LogP contribution in [0.25, 0.3) is 0 Å². The van der Waals surface area contributed by atoms with Crippen molar-refractivity contribution in [1.82, 2.24) is 9.80 Å². The highest BCUT2D eigenvalue weighted by Gasteiger charge is 2.35. The number of hydrogen-bond acceptors (Lipinski definition) is 4. The lowest BCUT2D eigenvalue weighted by Crippen LogP contribution is -2.62. The molecule has 102 valence electrons. The Balaban J connectivity index is 2.54. The molecule has 0 aromatic carbocycles. The molecule has 1 atom stereocenters. The molecule has 2 N–H and O–H groups in total. The summed E-state index contributed by atoms with van der Waals surface area (Å²) in [5.74, 6) is 0. The molecule has 1 rings (SSSR count). The average Bonchev–Trinajstić information content (AvgIpc) is 2.38. The van der Waals surface area contributed by atoms with Crippen LogP contribution in [-0.4, -0.2) is 68.3 Å². The van der Waals surface area contributed by atoms with Crippen molar-refractivity contribution in [2.75, 3.05) is 53.0 Å². The standard InChI is InChI=1S/C13H29N3O/c1-4-6-15-7-9-16(10-8-15)13(5-2,11-14)12-17-3/h4-12,14H2,1-3H3. The van der Waals surface area contributed by atoms with Crippen molar-refractivity contribution in [3.63, 3.8) is 0 Å². The van der Waals surface area contributed by atoms with Crippen molar-refractivity contribution in [3.05, 3.63) is 0 Å². The third kappa shape index (κ3) is 3.65. The van der Waals surface area contributed by atoms with Gasteiger partial charge in [-0.1, -0.05) is 13.8 Å². The smallest absolute Gasteiger partial charge is 0.0658 e. The van der Waals surface area contributed by atoms with Crippen LogP contribution in [0.4, 0.5) is 0 Å². The third-order valence-electron chi connectivity index (χ3n) is 4.03. The van der Waals surface area contributed by atoms with Crippen LogP contribution in [0.5, 0.6) is 0 Å². The van der Waals surface area contributed by atoms with Gasteiger partial charge in [0.2, 0.25) is 0 Å². The van der Waals surface area contributed by atoms with E-state index in [1.165, 1.54) is 26.1 Å². The van der Waals surface area contributed by atoms with E-state index in [2.05, 4.69) is 23.6 Å². The second-order valence-corrected chi connectivity index (χ2v) is 5.04. The largest absolute Gasteiger partial charge is 0.383 e. The first-order chi connectivity index (χ1) is 8.22. The van der Waals surface area contributed by atoms with Gasteiger partial charge in [-0.2, -0.15) is 0 Å². The molecule has 1 aliphatic heterocycles. The lowest BCUT2D eigenvalue weighted by molar-refractivity contribution is -0.0159. The van der Waals surface area contributed by atoms with Crippen LogP contribution < -0.4 is 5.73 Å². The highest BCUT2D eigenvalue weighted by molar-refractivity contribution is 4.93. The molecule has 0 bridgehead atoms. The van der Waals surface area contributed by atoms with Gasteiger partial charge in [-0.05, 0) is 19.4 Å². The van der Waals surface area contributed by atoms with Gasteiger partial charge < -0.3 is 15.4 Å². The van der Waals surface area contributed by atoms with Gasteiger partial charge in [0.15, 0.2) is 0 Å². The van der Waals surface area contributed by atoms with Crippen LogP contribution in [0.15, 0.2) is 0 Å². The minimum Gasteiger partial charge on any atom is -0.383 e. The minimum atomic E-state index is 0.0487. The molecule has 4 nitrogen and oxygen atoms in total. The first kappa shape index (κ1) is 14.9. The first-order valence-electron chi connectivity index (χ1n) is 6.88. The predicted octanol–water partition coefficient (Wildman–Crippen LogP) is 0.768. The van der Waals surface area contributed by atoms with Crippen LogP contribution >= 0.6 is 0 Å². The van der Waals surface area contributed by atoms with Crippen LogP contribution in [0.2, 0.25) is 0 Å². The molecule has 1 unspecified atom stereocenters. The lowest BCUT2D eigenvalue weighted by Gasteiger charge is -2.46. The van der Waals surface area contributed by atoms with Crippen molar-refractivity contribution in [2.24, 2.45) is 5.73 Å². The Kier molecular flexibility index (Phi) is 6.41. The third-order valence-corrected chi connectivity index (χ3v) is 4.03. The SMILES string of the molecule is CCCN1CCN(C(CC)(CN)COC)CC1. The number of methoxy groups -OCH3 is 1. The summed E-state index contributed by atoms with van der Waals surface area (Å²) < 4.78 is 5.38. The number of piperazine rings is 1. The fourth-order valence-corrected chi connectivity index (χ4v) is 2.78. The van der Waals surface area contributed by atoms with Crippen LogP contribution in [0, 0.1) is 0 Å². The Morgan fingerprint density at radius 1 is 1.18 bits per heavy atom. The fraction of sp³-hybridized carbons (Fsp3) is 1.00.